The molecule has 150 valence electrons. The molecule has 0 aliphatic rings. The summed E-state index contributed by atoms with van der Waals surface area (Å²) in [7, 11) is -3.50. The molecule has 0 aliphatic carbocycles. The third kappa shape index (κ3) is 10.8. The average molecular weight is 391 g/mol. The largest absolute Gasteiger partial charge is 0.394 e. The van der Waals surface area contributed by atoms with E-state index in [9.17, 15) is 8.42 Å². The SMILES string of the molecule is Cc1ccc(S(=O)(=O)NCCOCCOCCOCCOCCO)cc1. The van der Waals surface area contributed by atoms with E-state index < -0.39 is 10.0 Å². The van der Waals surface area contributed by atoms with Gasteiger partial charge >= 0.3 is 0 Å². The molecule has 8 nitrogen and oxygen atoms in total. The second-order valence-corrected chi connectivity index (χ2v) is 7.15. The van der Waals surface area contributed by atoms with Gasteiger partial charge in [-0.05, 0) is 19.1 Å². The van der Waals surface area contributed by atoms with E-state index in [1.165, 1.54) is 0 Å². The fourth-order valence-corrected chi connectivity index (χ4v) is 2.89. The zero-order valence-electron chi connectivity index (χ0n) is 15.2. The van der Waals surface area contributed by atoms with E-state index in [-0.39, 0.29) is 24.7 Å². The lowest BCUT2D eigenvalue weighted by Crippen LogP contribution is -2.27. The van der Waals surface area contributed by atoms with Crippen LogP contribution in [0.5, 0.6) is 0 Å². The van der Waals surface area contributed by atoms with Crippen LogP contribution in [0.2, 0.25) is 0 Å². The first-order valence-electron chi connectivity index (χ1n) is 8.54. The predicted molar refractivity (Wildman–Crippen MR) is 96.7 cm³/mol. The molecule has 0 amide bonds. The summed E-state index contributed by atoms with van der Waals surface area (Å²) in [5.74, 6) is 0. The number of hydrogen-bond donors (Lipinski definition) is 2. The van der Waals surface area contributed by atoms with Crippen molar-refractivity contribution >= 4 is 10.0 Å². The molecular weight excluding hydrogens is 362 g/mol. The normalized spacial score (nSPS) is 11.8. The van der Waals surface area contributed by atoms with Crippen molar-refractivity contribution in [2.75, 3.05) is 66.0 Å². The van der Waals surface area contributed by atoms with Gasteiger partial charge in [-0.1, -0.05) is 17.7 Å². The van der Waals surface area contributed by atoms with Crippen LogP contribution in [0.3, 0.4) is 0 Å². The molecule has 9 heteroatoms. The van der Waals surface area contributed by atoms with Crippen LogP contribution < -0.4 is 4.72 Å². The van der Waals surface area contributed by atoms with Crippen LogP contribution >= 0.6 is 0 Å². The van der Waals surface area contributed by atoms with Gasteiger partial charge in [0.15, 0.2) is 0 Å². The second-order valence-electron chi connectivity index (χ2n) is 5.38. The Hall–Kier alpha value is -1.07. The molecule has 0 spiro atoms. The van der Waals surface area contributed by atoms with Crippen molar-refractivity contribution in [1.29, 1.82) is 0 Å². The minimum Gasteiger partial charge on any atom is -0.394 e. The molecule has 1 rings (SSSR count). The van der Waals surface area contributed by atoms with Crippen LogP contribution in [0.4, 0.5) is 0 Å². The van der Waals surface area contributed by atoms with Crippen molar-refractivity contribution in [3.63, 3.8) is 0 Å². The maximum absolute atomic E-state index is 12.0. The molecule has 0 radical (unpaired) electrons. The number of aryl methyl sites for hydroxylation is 1. The van der Waals surface area contributed by atoms with Gasteiger partial charge in [0.05, 0.1) is 64.4 Å². The Kier molecular flexibility index (Phi) is 12.4. The van der Waals surface area contributed by atoms with Gasteiger partial charge < -0.3 is 24.1 Å². The van der Waals surface area contributed by atoms with Gasteiger partial charge in [-0.25, -0.2) is 13.1 Å². The summed E-state index contributed by atoms with van der Waals surface area (Å²) in [6.07, 6.45) is 0. The van der Waals surface area contributed by atoms with Crippen LogP contribution in [-0.4, -0.2) is 79.5 Å². The minimum absolute atomic E-state index is 0.0104. The summed E-state index contributed by atoms with van der Waals surface area (Å²) in [5, 5.41) is 8.51. The van der Waals surface area contributed by atoms with Gasteiger partial charge in [0, 0.05) is 6.54 Å². The van der Waals surface area contributed by atoms with Crippen LogP contribution in [0.25, 0.3) is 0 Å². The summed E-state index contributed by atoms with van der Waals surface area (Å²) in [4.78, 5) is 0.244. The van der Waals surface area contributed by atoms with Crippen LogP contribution in [0.15, 0.2) is 29.2 Å². The van der Waals surface area contributed by atoms with Gasteiger partial charge in [0.1, 0.15) is 0 Å². The van der Waals surface area contributed by atoms with Crippen LogP contribution in [0, 0.1) is 6.92 Å². The van der Waals surface area contributed by atoms with Gasteiger partial charge in [0.25, 0.3) is 0 Å². The van der Waals surface area contributed by atoms with E-state index in [1.807, 2.05) is 6.92 Å². The molecule has 0 bridgehead atoms. The van der Waals surface area contributed by atoms with Crippen molar-refractivity contribution in [2.24, 2.45) is 0 Å². The van der Waals surface area contributed by atoms with Crippen molar-refractivity contribution in [1.82, 2.24) is 4.72 Å². The lowest BCUT2D eigenvalue weighted by Gasteiger charge is -2.09. The number of aliphatic hydroxyl groups is 1. The van der Waals surface area contributed by atoms with E-state index in [2.05, 4.69) is 4.72 Å². The highest BCUT2D eigenvalue weighted by molar-refractivity contribution is 7.89. The Morgan fingerprint density at radius 3 is 1.77 bits per heavy atom. The monoisotopic (exact) mass is 391 g/mol. The summed E-state index contributed by atoms with van der Waals surface area (Å²) in [6.45, 7) is 5.31. The molecule has 2 N–H and O–H groups in total. The lowest BCUT2D eigenvalue weighted by atomic mass is 10.2. The quantitative estimate of drug-likeness (QED) is 0.392. The maximum Gasteiger partial charge on any atom is 0.240 e. The minimum atomic E-state index is -3.50. The Labute approximate surface area is 155 Å². The molecule has 0 atom stereocenters. The topological polar surface area (TPSA) is 103 Å². The van der Waals surface area contributed by atoms with E-state index >= 15 is 0 Å². The Balaban J connectivity index is 1.94. The Bertz CT molecular complexity index is 563. The van der Waals surface area contributed by atoms with Crippen LogP contribution in [0.1, 0.15) is 5.56 Å². The van der Waals surface area contributed by atoms with Gasteiger partial charge in [-0.2, -0.15) is 0 Å². The highest BCUT2D eigenvalue weighted by Gasteiger charge is 2.12. The summed E-state index contributed by atoms with van der Waals surface area (Å²) in [5.41, 5.74) is 1.01. The third-order valence-electron chi connectivity index (χ3n) is 3.22. The molecule has 26 heavy (non-hydrogen) atoms. The third-order valence-corrected chi connectivity index (χ3v) is 4.70. The molecule has 0 fully saturated rings. The van der Waals surface area contributed by atoms with Crippen molar-refractivity contribution < 1.29 is 32.5 Å². The Morgan fingerprint density at radius 1 is 0.808 bits per heavy atom. The van der Waals surface area contributed by atoms with E-state index in [0.29, 0.717) is 46.2 Å². The number of sulfonamides is 1. The summed E-state index contributed by atoms with van der Waals surface area (Å²) in [6, 6.07) is 6.67. The molecule has 1 aromatic rings. The number of nitrogens with one attached hydrogen (secondary N) is 1. The standard InChI is InChI=1S/C17H29NO7S/c1-16-2-4-17(5-3-16)26(20,21)18-6-8-22-10-12-24-14-15-25-13-11-23-9-7-19/h2-5,18-19H,6-15H2,1H3. The summed E-state index contributed by atoms with van der Waals surface area (Å²) >= 11 is 0. The van der Waals surface area contributed by atoms with Crippen LogP contribution in [-0.2, 0) is 29.0 Å². The van der Waals surface area contributed by atoms with Crippen molar-refractivity contribution in [3.8, 4) is 0 Å². The van der Waals surface area contributed by atoms with Crippen molar-refractivity contribution in [2.45, 2.75) is 11.8 Å². The van der Waals surface area contributed by atoms with E-state index in [4.69, 9.17) is 24.1 Å². The fourth-order valence-electron chi connectivity index (χ4n) is 1.88. The molecule has 0 aromatic heterocycles. The Morgan fingerprint density at radius 2 is 1.27 bits per heavy atom. The maximum atomic E-state index is 12.0. The molecule has 1 aromatic carbocycles. The lowest BCUT2D eigenvalue weighted by molar-refractivity contribution is -0.00496. The van der Waals surface area contributed by atoms with E-state index in [0.717, 1.165) is 5.56 Å². The molecule has 0 saturated carbocycles. The number of aliphatic hydroxyl groups excluding tert-OH is 1. The number of hydrogen-bond acceptors (Lipinski definition) is 7. The van der Waals surface area contributed by atoms with Crippen molar-refractivity contribution in [3.05, 3.63) is 29.8 Å². The molecule has 0 saturated heterocycles. The zero-order valence-corrected chi connectivity index (χ0v) is 16.0. The average Bonchev–Trinajstić information content (AvgIpc) is 2.62. The summed E-state index contributed by atoms with van der Waals surface area (Å²) < 4.78 is 47.5. The van der Waals surface area contributed by atoms with Gasteiger partial charge in [-0.15, -0.1) is 0 Å². The smallest absolute Gasteiger partial charge is 0.240 e. The highest BCUT2D eigenvalue weighted by atomic mass is 32.2. The first kappa shape index (κ1) is 23.0. The number of ether oxygens (including phenoxy) is 4. The highest BCUT2D eigenvalue weighted by Crippen LogP contribution is 2.09. The van der Waals surface area contributed by atoms with Gasteiger partial charge in [0.2, 0.25) is 10.0 Å². The number of rotatable bonds is 16. The fraction of sp³-hybridized carbons (Fsp3) is 0.647. The molecule has 0 aliphatic heterocycles. The number of benzene rings is 1. The van der Waals surface area contributed by atoms with E-state index in [1.54, 1.807) is 24.3 Å². The first-order valence-corrected chi connectivity index (χ1v) is 10.0. The zero-order chi connectivity index (χ0) is 19.1. The molecule has 0 unspecified atom stereocenters. The molecule has 0 heterocycles. The predicted octanol–water partition coefficient (Wildman–Crippen LogP) is 0.332. The first-order chi connectivity index (χ1) is 12.6. The molecular formula is C17H29NO7S. The second kappa shape index (κ2) is 14.0. The van der Waals surface area contributed by atoms with Gasteiger partial charge in [-0.3, -0.25) is 0 Å².